The molecule has 2 aromatic carbocycles. The lowest BCUT2D eigenvalue weighted by molar-refractivity contribution is -0.137. The summed E-state index contributed by atoms with van der Waals surface area (Å²) in [5.74, 6) is 0.575. The summed E-state index contributed by atoms with van der Waals surface area (Å²) in [6.07, 6.45) is -4.35. The van der Waals surface area contributed by atoms with Crippen LogP contribution in [-0.2, 0) is 12.7 Å². The number of guanidine groups is 1. The van der Waals surface area contributed by atoms with Crippen LogP contribution in [0.1, 0.15) is 21.5 Å². The molecule has 1 fully saturated rings. The van der Waals surface area contributed by atoms with Crippen molar-refractivity contribution >= 4 is 41.5 Å². The summed E-state index contributed by atoms with van der Waals surface area (Å²) in [7, 11) is 3.29. The second-order valence-corrected chi connectivity index (χ2v) is 7.20. The first-order valence-corrected chi connectivity index (χ1v) is 10.0. The number of anilines is 1. The third-order valence-corrected chi connectivity index (χ3v) is 5.20. The zero-order valence-electron chi connectivity index (χ0n) is 17.9. The van der Waals surface area contributed by atoms with Crippen molar-refractivity contribution in [2.24, 2.45) is 4.99 Å². The Labute approximate surface area is 202 Å². The first-order valence-electron chi connectivity index (χ1n) is 10.0. The predicted octanol–water partition coefficient (Wildman–Crippen LogP) is 3.58. The molecule has 0 atom stereocenters. The SMILES string of the molecule is CN=C(NCc1cccc(C(=O)NC)c1)N1CCN(c2cccc(C(F)(F)F)c2)CC1.I. The van der Waals surface area contributed by atoms with E-state index >= 15 is 0 Å². The van der Waals surface area contributed by atoms with E-state index in [4.69, 9.17) is 0 Å². The van der Waals surface area contributed by atoms with Crippen molar-refractivity contribution in [1.29, 1.82) is 0 Å². The predicted molar refractivity (Wildman–Crippen MR) is 131 cm³/mol. The number of halogens is 4. The summed E-state index contributed by atoms with van der Waals surface area (Å²) in [6, 6.07) is 12.8. The van der Waals surface area contributed by atoms with Gasteiger partial charge in [-0.25, -0.2) is 0 Å². The van der Waals surface area contributed by atoms with E-state index in [0.717, 1.165) is 11.6 Å². The zero-order valence-corrected chi connectivity index (χ0v) is 20.3. The summed E-state index contributed by atoms with van der Waals surface area (Å²) >= 11 is 0. The van der Waals surface area contributed by atoms with E-state index in [1.54, 1.807) is 26.2 Å². The number of amides is 1. The molecule has 0 aliphatic carbocycles. The molecule has 1 heterocycles. The number of carbonyl (C=O) groups is 1. The number of aliphatic imine (C=N–C) groups is 1. The van der Waals surface area contributed by atoms with Crippen molar-refractivity contribution in [1.82, 2.24) is 15.5 Å². The van der Waals surface area contributed by atoms with Gasteiger partial charge in [0.05, 0.1) is 5.56 Å². The Bertz CT molecular complexity index is 943. The Kier molecular flexibility index (Phi) is 9.17. The van der Waals surface area contributed by atoms with Crippen LogP contribution in [0.25, 0.3) is 0 Å². The molecule has 1 saturated heterocycles. The molecule has 0 radical (unpaired) electrons. The average Bonchev–Trinajstić information content (AvgIpc) is 2.79. The smallest absolute Gasteiger partial charge is 0.368 e. The number of nitrogens with one attached hydrogen (secondary N) is 2. The first-order chi connectivity index (χ1) is 14.8. The maximum atomic E-state index is 13.0. The molecule has 1 amide bonds. The molecule has 1 aliphatic heterocycles. The molecule has 32 heavy (non-hydrogen) atoms. The molecule has 0 bridgehead atoms. The quantitative estimate of drug-likeness (QED) is 0.341. The molecule has 0 aromatic heterocycles. The summed E-state index contributed by atoms with van der Waals surface area (Å²) in [6.45, 7) is 2.95. The van der Waals surface area contributed by atoms with Gasteiger partial charge in [-0.3, -0.25) is 9.79 Å². The van der Waals surface area contributed by atoms with E-state index in [-0.39, 0.29) is 29.9 Å². The molecule has 0 spiro atoms. The van der Waals surface area contributed by atoms with E-state index in [2.05, 4.69) is 20.5 Å². The fourth-order valence-corrected chi connectivity index (χ4v) is 3.54. The molecule has 0 saturated carbocycles. The van der Waals surface area contributed by atoms with Crippen molar-refractivity contribution in [2.45, 2.75) is 12.7 Å². The number of alkyl halides is 3. The number of hydrogen-bond donors (Lipinski definition) is 2. The van der Waals surface area contributed by atoms with Crippen LogP contribution in [0.3, 0.4) is 0 Å². The van der Waals surface area contributed by atoms with Gasteiger partial charge < -0.3 is 20.4 Å². The normalized spacial score (nSPS) is 14.6. The number of piperazine rings is 1. The van der Waals surface area contributed by atoms with Gasteiger partial charge in [-0.15, -0.1) is 24.0 Å². The standard InChI is InChI=1S/C22H26F3N5O.HI/c1-26-20(31)17-6-3-5-16(13-17)15-28-21(27-2)30-11-9-29(10-12-30)19-8-4-7-18(14-19)22(23,24)25;/h3-8,13-14H,9-12,15H2,1-2H3,(H,26,31)(H,27,28);1H. The minimum Gasteiger partial charge on any atom is -0.368 e. The number of rotatable bonds is 4. The van der Waals surface area contributed by atoms with Gasteiger partial charge in [-0.1, -0.05) is 18.2 Å². The first kappa shape index (κ1) is 25.8. The summed E-state index contributed by atoms with van der Waals surface area (Å²) in [4.78, 5) is 20.2. The molecular weight excluding hydrogens is 534 g/mol. The van der Waals surface area contributed by atoms with Crippen LogP contribution in [0.5, 0.6) is 0 Å². The number of nitrogens with zero attached hydrogens (tertiary/aromatic N) is 3. The third-order valence-electron chi connectivity index (χ3n) is 5.20. The van der Waals surface area contributed by atoms with Gasteiger partial charge in [0.2, 0.25) is 0 Å². The summed E-state index contributed by atoms with van der Waals surface area (Å²) in [5.41, 5.74) is 1.48. The van der Waals surface area contributed by atoms with Gasteiger partial charge in [0.1, 0.15) is 0 Å². The number of carbonyl (C=O) groups excluding carboxylic acids is 1. The zero-order chi connectivity index (χ0) is 22.4. The molecule has 6 nitrogen and oxygen atoms in total. The van der Waals surface area contributed by atoms with E-state index in [0.29, 0.717) is 49.9 Å². The van der Waals surface area contributed by atoms with Gasteiger partial charge >= 0.3 is 6.18 Å². The lowest BCUT2D eigenvalue weighted by atomic mass is 10.1. The number of hydrogen-bond acceptors (Lipinski definition) is 3. The van der Waals surface area contributed by atoms with Crippen LogP contribution in [-0.4, -0.2) is 57.0 Å². The highest BCUT2D eigenvalue weighted by molar-refractivity contribution is 14.0. The molecule has 0 unspecified atom stereocenters. The van der Waals surface area contributed by atoms with Crippen LogP contribution >= 0.6 is 24.0 Å². The average molecular weight is 561 g/mol. The van der Waals surface area contributed by atoms with E-state index in [1.807, 2.05) is 23.1 Å². The van der Waals surface area contributed by atoms with Crippen molar-refractivity contribution in [3.63, 3.8) is 0 Å². The van der Waals surface area contributed by atoms with Crippen LogP contribution in [0.15, 0.2) is 53.5 Å². The Hall–Kier alpha value is -2.50. The van der Waals surface area contributed by atoms with Gasteiger partial charge in [0, 0.05) is 58.1 Å². The third kappa shape index (κ3) is 6.50. The lowest BCUT2D eigenvalue weighted by Crippen LogP contribution is -2.52. The van der Waals surface area contributed by atoms with Crippen molar-refractivity contribution in [3.8, 4) is 0 Å². The van der Waals surface area contributed by atoms with Gasteiger partial charge in [0.25, 0.3) is 5.91 Å². The van der Waals surface area contributed by atoms with Gasteiger partial charge in [0.15, 0.2) is 5.96 Å². The molecular formula is C22H27F3IN5O. The Morgan fingerprint density at radius 2 is 1.75 bits per heavy atom. The molecule has 3 rings (SSSR count). The molecule has 2 aromatic rings. The second kappa shape index (κ2) is 11.4. The van der Waals surface area contributed by atoms with E-state index in [1.165, 1.54) is 12.1 Å². The fourth-order valence-electron chi connectivity index (χ4n) is 3.54. The Morgan fingerprint density at radius 3 is 2.38 bits per heavy atom. The lowest BCUT2D eigenvalue weighted by Gasteiger charge is -2.37. The molecule has 10 heteroatoms. The van der Waals surface area contributed by atoms with Crippen molar-refractivity contribution in [2.75, 3.05) is 45.2 Å². The van der Waals surface area contributed by atoms with Crippen molar-refractivity contribution in [3.05, 3.63) is 65.2 Å². The van der Waals surface area contributed by atoms with Gasteiger partial charge in [-0.05, 0) is 35.9 Å². The second-order valence-electron chi connectivity index (χ2n) is 7.20. The van der Waals surface area contributed by atoms with Crippen LogP contribution in [0.4, 0.5) is 18.9 Å². The molecule has 2 N–H and O–H groups in total. The summed E-state index contributed by atoms with van der Waals surface area (Å²) < 4.78 is 39.0. The Morgan fingerprint density at radius 1 is 1.06 bits per heavy atom. The van der Waals surface area contributed by atoms with E-state index < -0.39 is 11.7 Å². The highest BCUT2D eigenvalue weighted by atomic mass is 127. The largest absolute Gasteiger partial charge is 0.416 e. The van der Waals surface area contributed by atoms with Crippen LogP contribution < -0.4 is 15.5 Å². The maximum Gasteiger partial charge on any atom is 0.416 e. The minimum absolute atomic E-state index is 0. The molecule has 174 valence electrons. The monoisotopic (exact) mass is 561 g/mol. The van der Waals surface area contributed by atoms with Gasteiger partial charge in [-0.2, -0.15) is 13.2 Å². The van der Waals surface area contributed by atoms with Crippen LogP contribution in [0.2, 0.25) is 0 Å². The highest BCUT2D eigenvalue weighted by Crippen LogP contribution is 2.31. The van der Waals surface area contributed by atoms with Crippen LogP contribution in [0, 0.1) is 0 Å². The number of benzene rings is 2. The topological polar surface area (TPSA) is 60.0 Å². The maximum absolute atomic E-state index is 13.0. The summed E-state index contributed by atoms with van der Waals surface area (Å²) in [5, 5.41) is 5.91. The molecule has 1 aliphatic rings. The van der Waals surface area contributed by atoms with E-state index in [9.17, 15) is 18.0 Å². The Balaban J connectivity index is 0.00000363. The van der Waals surface area contributed by atoms with Crippen molar-refractivity contribution < 1.29 is 18.0 Å². The minimum atomic E-state index is -4.35. The fraction of sp³-hybridized carbons (Fsp3) is 0.364. The highest BCUT2D eigenvalue weighted by Gasteiger charge is 2.31.